The first-order chi connectivity index (χ1) is 7.06. The van der Waals surface area contributed by atoms with Crippen LogP contribution in [-0.4, -0.2) is 19.9 Å². The van der Waals surface area contributed by atoms with E-state index in [0.717, 1.165) is 11.3 Å². The van der Waals surface area contributed by atoms with Crippen LogP contribution in [0.15, 0.2) is 10.4 Å². The van der Waals surface area contributed by atoms with Gasteiger partial charge in [-0.05, 0) is 6.92 Å². The first kappa shape index (κ1) is 12.5. The number of rotatable bonds is 4. The van der Waals surface area contributed by atoms with Crippen molar-refractivity contribution in [1.82, 2.24) is 9.71 Å². The van der Waals surface area contributed by atoms with Gasteiger partial charge in [0.2, 0.25) is 0 Å². The molecule has 0 aliphatic rings. The van der Waals surface area contributed by atoms with Crippen LogP contribution in [-0.2, 0) is 10.0 Å². The molecule has 1 heterocycles. The van der Waals surface area contributed by atoms with Gasteiger partial charge < -0.3 is 0 Å². The molecule has 0 saturated carbocycles. The molecule has 15 heavy (non-hydrogen) atoms. The number of aromatic nitrogens is 1. The molecule has 0 fully saturated rings. The molecule has 7 heteroatoms. The summed E-state index contributed by atoms with van der Waals surface area (Å²) in [6.45, 7) is 2.00. The van der Waals surface area contributed by atoms with Gasteiger partial charge in [-0.3, -0.25) is 0 Å². The van der Waals surface area contributed by atoms with E-state index in [-0.39, 0.29) is 8.68 Å². The molecule has 0 radical (unpaired) electrons. The topological polar surface area (TPSA) is 59.1 Å². The number of hydrogen-bond donors (Lipinski definition) is 1. The summed E-state index contributed by atoms with van der Waals surface area (Å²) in [5.41, 5.74) is 0. The molecule has 1 rings (SSSR count). The Balaban J connectivity index is 2.63. The van der Waals surface area contributed by atoms with E-state index in [1.54, 1.807) is 6.92 Å². The second-order valence-corrected chi connectivity index (χ2v) is 6.11. The van der Waals surface area contributed by atoms with Gasteiger partial charge in [0.1, 0.15) is 0 Å². The van der Waals surface area contributed by atoms with Crippen LogP contribution >= 0.6 is 22.9 Å². The van der Waals surface area contributed by atoms with Gasteiger partial charge in [-0.2, -0.15) is 0 Å². The molecule has 0 unspecified atom stereocenters. The Morgan fingerprint density at radius 2 is 2.40 bits per heavy atom. The summed E-state index contributed by atoms with van der Waals surface area (Å²) in [4.78, 5) is 3.66. The molecule has 0 spiro atoms. The van der Waals surface area contributed by atoms with Crippen LogP contribution in [0.3, 0.4) is 0 Å². The average molecular weight is 265 g/mol. The van der Waals surface area contributed by atoms with Crippen LogP contribution in [0.5, 0.6) is 0 Å². The summed E-state index contributed by atoms with van der Waals surface area (Å²) in [6, 6.07) is 0. The lowest BCUT2D eigenvalue weighted by Crippen LogP contribution is -2.23. The molecule has 0 aliphatic carbocycles. The van der Waals surface area contributed by atoms with E-state index in [2.05, 4.69) is 21.5 Å². The summed E-state index contributed by atoms with van der Waals surface area (Å²) in [5, 5.41) is 0. The van der Waals surface area contributed by atoms with Gasteiger partial charge in [0.05, 0.1) is 6.20 Å². The highest BCUT2D eigenvalue weighted by Crippen LogP contribution is 2.21. The maximum atomic E-state index is 11.6. The average Bonchev–Trinajstić information content (AvgIpc) is 2.60. The van der Waals surface area contributed by atoms with Crippen molar-refractivity contribution in [2.45, 2.75) is 17.6 Å². The molecule has 0 atom stereocenters. The number of hydrogen-bond acceptors (Lipinski definition) is 4. The van der Waals surface area contributed by atoms with Crippen molar-refractivity contribution in [1.29, 1.82) is 0 Å². The third-order valence-electron chi connectivity index (χ3n) is 1.44. The molecule has 1 N–H and O–H groups in total. The van der Waals surface area contributed by atoms with Gasteiger partial charge in [-0.15, -0.1) is 11.8 Å². The van der Waals surface area contributed by atoms with Crippen LogP contribution in [0.2, 0.25) is 4.47 Å². The van der Waals surface area contributed by atoms with Crippen molar-refractivity contribution in [3.63, 3.8) is 0 Å². The van der Waals surface area contributed by atoms with Crippen LogP contribution in [0.25, 0.3) is 0 Å². The van der Waals surface area contributed by atoms with E-state index in [0.29, 0.717) is 13.0 Å². The highest BCUT2D eigenvalue weighted by molar-refractivity contribution is 7.91. The Morgan fingerprint density at radius 3 is 2.93 bits per heavy atom. The molecule has 4 nitrogen and oxygen atoms in total. The molecule has 0 aromatic carbocycles. The smallest absolute Gasteiger partial charge is 0.232 e. The van der Waals surface area contributed by atoms with Gasteiger partial charge in [0, 0.05) is 13.0 Å². The number of nitrogens with zero attached hydrogens (tertiary/aromatic N) is 1. The Bertz CT molecular complexity index is 484. The predicted molar refractivity (Wildman–Crippen MR) is 60.4 cm³/mol. The van der Waals surface area contributed by atoms with Gasteiger partial charge in [-0.1, -0.05) is 22.9 Å². The highest BCUT2D eigenvalue weighted by Gasteiger charge is 2.16. The summed E-state index contributed by atoms with van der Waals surface area (Å²) in [7, 11) is -3.47. The van der Waals surface area contributed by atoms with Crippen molar-refractivity contribution in [3.8, 4) is 11.8 Å². The van der Waals surface area contributed by atoms with Gasteiger partial charge in [0.15, 0.2) is 8.68 Å². The molecule has 82 valence electrons. The summed E-state index contributed by atoms with van der Waals surface area (Å²) < 4.78 is 25.9. The third kappa shape index (κ3) is 3.80. The third-order valence-corrected chi connectivity index (χ3v) is 4.48. The molecule has 0 bridgehead atoms. The van der Waals surface area contributed by atoms with E-state index in [1.807, 2.05) is 0 Å². The number of nitrogens with one attached hydrogen (secondary N) is 1. The molecule has 1 aromatic heterocycles. The first-order valence-corrected chi connectivity index (χ1v) is 6.74. The molecule has 0 aliphatic heterocycles. The van der Waals surface area contributed by atoms with E-state index < -0.39 is 10.0 Å². The zero-order chi connectivity index (χ0) is 11.3. The minimum absolute atomic E-state index is 0.122. The zero-order valence-electron chi connectivity index (χ0n) is 7.95. The maximum Gasteiger partial charge on any atom is 0.251 e. The van der Waals surface area contributed by atoms with Crippen molar-refractivity contribution < 1.29 is 8.42 Å². The van der Waals surface area contributed by atoms with E-state index in [9.17, 15) is 8.42 Å². The van der Waals surface area contributed by atoms with E-state index in [1.165, 1.54) is 6.20 Å². The van der Waals surface area contributed by atoms with Crippen LogP contribution in [0, 0.1) is 11.8 Å². The summed E-state index contributed by atoms with van der Waals surface area (Å²) in [5.74, 6) is 5.44. The van der Waals surface area contributed by atoms with Gasteiger partial charge in [-0.25, -0.2) is 18.1 Å². The zero-order valence-corrected chi connectivity index (χ0v) is 10.3. The van der Waals surface area contributed by atoms with E-state index in [4.69, 9.17) is 11.6 Å². The van der Waals surface area contributed by atoms with Crippen molar-refractivity contribution in [2.24, 2.45) is 0 Å². The van der Waals surface area contributed by atoms with Crippen LogP contribution in [0.4, 0.5) is 0 Å². The summed E-state index contributed by atoms with van der Waals surface area (Å²) >= 11 is 6.47. The van der Waals surface area contributed by atoms with Crippen molar-refractivity contribution in [2.75, 3.05) is 6.54 Å². The van der Waals surface area contributed by atoms with Gasteiger partial charge in [0.25, 0.3) is 10.0 Å². The largest absolute Gasteiger partial charge is 0.251 e. The molecular formula is C8H9ClN2O2S2. The monoisotopic (exact) mass is 264 g/mol. The maximum absolute atomic E-state index is 11.6. The highest BCUT2D eigenvalue weighted by atomic mass is 35.5. The molecule has 0 amide bonds. The molecular weight excluding hydrogens is 256 g/mol. The Kier molecular flexibility index (Phi) is 4.54. The second kappa shape index (κ2) is 5.47. The predicted octanol–water partition coefficient (Wildman–Crippen LogP) is 1.49. The minimum atomic E-state index is -3.47. The van der Waals surface area contributed by atoms with E-state index >= 15 is 0 Å². The van der Waals surface area contributed by atoms with Crippen molar-refractivity contribution >= 4 is 33.0 Å². The number of sulfonamides is 1. The standard InChI is InChI=1S/C8H9ClN2O2S2/c1-2-3-4-5-11-15(12,13)7-6-10-8(9)14-7/h6,11H,4-5H2,1H3. The Hall–Kier alpha value is -0.610. The fourth-order valence-electron chi connectivity index (χ4n) is 0.807. The fraction of sp³-hybridized carbons (Fsp3) is 0.375. The van der Waals surface area contributed by atoms with Crippen LogP contribution in [0.1, 0.15) is 13.3 Å². The lowest BCUT2D eigenvalue weighted by atomic mass is 10.4. The second-order valence-electron chi connectivity index (χ2n) is 2.51. The lowest BCUT2D eigenvalue weighted by molar-refractivity contribution is 0.584. The molecule has 0 saturated heterocycles. The quantitative estimate of drug-likeness (QED) is 0.662. The lowest BCUT2D eigenvalue weighted by Gasteiger charge is -2.00. The SMILES string of the molecule is CC#CCCNS(=O)(=O)c1cnc(Cl)s1. The van der Waals surface area contributed by atoms with Crippen molar-refractivity contribution in [3.05, 3.63) is 10.7 Å². The van der Waals surface area contributed by atoms with Crippen LogP contribution < -0.4 is 4.72 Å². The number of thiazole rings is 1. The normalized spacial score (nSPS) is 10.8. The van der Waals surface area contributed by atoms with Gasteiger partial charge >= 0.3 is 0 Å². The molecule has 1 aromatic rings. The first-order valence-electron chi connectivity index (χ1n) is 4.07. The Morgan fingerprint density at radius 1 is 1.67 bits per heavy atom. The number of halogens is 1. The minimum Gasteiger partial charge on any atom is -0.232 e. The Labute approximate surface area is 97.7 Å². The summed E-state index contributed by atoms with van der Waals surface area (Å²) in [6.07, 6.45) is 1.73. The fourth-order valence-corrected chi connectivity index (χ4v) is 3.18.